The normalized spacial score (nSPS) is 9.41. The van der Waals surface area contributed by atoms with Crippen molar-refractivity contribution >= 4 is 35.6 Å². The minimum Gasteiger partial charge on any atom is -0.495 e. The molecule has 96 valence electrons. The summed E-state index contributed by atoms with van der Waals surface area (Å²) in [6, 6.07) is 3.45. The van der Waals surface area contributed by atoms with E-state index in [-0.39, 0.29) is 24.7 Å². The minimum absolute atomic E-state index is 0. The van der Waals surface area contributed by atoms with Crippen molar-refractivity contribution in [3.8, 4) is 5.75 Å². The molecule has 0 heterocycles. The van der Waals surface area contributed by atoms with E-state index in [9.17, 15) is 4.79 Å². The van der Waals surface area contributed by atoms with Crippen LogP contribution < -0.4 is 15.8 Å². The molecule has 0 aliphatic rings. The molecule has 0 atom stereocenters. The SMILES string of the molecule is COc1cc(Cl)c(C)cc1NC(=O)CCN.Cl. The quantitative estimate of drug-likeness (QED) is 0.889. The standard InChI is InChI=1S/C11H15ClN2O2.ClH/c1-7-5-9(14-11(15)3-4-13)10(16-2)6-8(7)12;/h5-6H,3-4,13H2,1-2H3,(H,14,15);1H. The molecule has 1 rings (SSSR count). The summed E-state index contributed by atoms with van der Waals surface area (Å²) >= 11 is 5.95. The number of carbonyl (C=O) groups excluding carboxylic acids is 1. The Labute approximate surface area is 112 Å². The first-order valence-electron chi connectivity index (χ1n) is 4.92. The maximum Gasteiger partial charge on any atom is 0.225 e. The van der Waals surface area contributed by atoms with Crippen molar-refractivity contribution in [1.82, 2.24) is 0 Å². The molecule has 0 aliphatic carbocycles. The van der Waals surface area contributed by atoms with E-state index in [1.807, 2.05) is 6.92 Å². The third-order valence-corrected chi connectivity index (χ3v) is 2.53. The molecule has 6 heteroatoms. The lowest BCUT2D eigenvalue weighted by atomic mass is 10.2. The zero-order chi connectivity index (χ0) is 12.1. The molecule has 0 spiro atoms. The van der Waals surface area contributed by atoms with Crippen molar-refractivity contribution in [2.75, 3.05) is 19.0 Å². The molecular formula is C11H16Cl2N2O2. The summed E-state index contributed by atoms with van der Waals surface area (Å²) in [5, 5.41) is 3.33. The molecule has 0 fully saturated rings. The Hall–Kier alpha value is -0.970. The van der Waals surface area contributed by atoms with Crippen molar-refractivity contribution in [3.05, 3.63) is 22.7 Å². The van der Waals surface area contributed by atoms with Crippen molar-refractivity contribution in [3.63, 3.8) is 0 Å². The van der Waals surface area contributed by atoms with Gasteiger partial charge in [-0.2, -0.15) is 0 Å². The number of ether oxygens (including phenoxy) is 1. The van der Waals surface area contributed by atoms with Crippen LogP contribution in [0.1, 0.15) is 12.0 Å². The highest BCUT2D eigenvalue weighted by Crippen LogP contribution is 2.30. The molecule has 1 amide bonds. The van der Waals surface area contributed by atoms with E-state index in [2.05, 4.69) is 5.32 Å². The summed E-state index contributed by atoms with van der Waals surface area (Å²) in [6.45, 7) is 2.18. The van der Waals surface area contributed by atoms with E-state index in [4.69, 9.17) is 22.1 Å². The fourth-order valence-electron chi connectivity index (χ4n) is 1.27. The molecule has 1 aromatic carbocycles. The second-order valence-electron chi connectivity index (χ2n) is 3.39. The highest BCUT2D eigenvalue weighted by Gasteiger charge is 2.09. The van der Waals surface area contributed by atoms with Gasteiger partial charge in [0.15, 0.2) is 0 Å². The number of benzene rings is 1. The maximum absolute atomic E-state index is 11.4. The van der Waals surface area contributed by atoms with Gasteiger partial charge in [-0.1, -0.05) is 11.6 Å². The van der Waals surface area contributed by atoms with Crippen molar-refractivity contribution < 1.29 is 9.53 Å². The van der Waals surface area contributed by atoms with E-state index < -0.39 is 0 Å². The molecule has 0 saturated carbocycles. The van der Waals surface area contributed by atoms with Crippen LogP contribution in [0.5, 0.6) is 5.75 Å². The van der Waals surface area contributed by atoms with E-state index in [1.165, 1.54) is 7.11 Å². The van der Waals surface area contributed by atoms with Gasteiger partial charge in [-0.15, -0.1) is 12.4 Å². The van der Waals surface area contributed by atoms with Gasteiger partial charge >= 0.3 is 0 Å². The number of amides is 1. The zero-order valence-corrected chi connectivity index (χ0v) is 11.3. The number of nitrogens with two attached hydrogens (primary N) is 1. The third-order valence-electron chi connectivity index (χ3n) is 2.13. The number of nitrogens with one attached hydrogen (secondary N) is 1. The Morgan fingerprint density at radius 3 is 2.71 bits per heavy atom. The van der Waals surface area contributed by atoms with Crippen LogP contribution in [0.4, 0.5) is 5.69 Å². The predicted molar refractivity (Wildman–Crippen MR) is 72.3 cm³/mol. The van der Waals surface area contributed by atoms with Gasteiger partial charge < -0.3 is 15.8 Å². The summed E-state index contributed by atoms with van der Waals surface area (Å²) < 4.78 is 5.13. The first-order valence-corrected chi connectivity index (χ1v) is 5.30. The topological polar surface area (TPSA) is 64.3 Å². The highest BCUT2D eigenvalue weighted by atomic mass is 35.5. The maximum atomic E-state index is 11.4. The van der Waals surface area contributed by atoms with Gasteiger partial charge in [0.05, 0.1) is 12.8 Å². The van der Waals surface area contributed by atoms with Crippen molar-refractivity contribution in [1.29, 1.82) is 0 Å². The van der Waals surface area contributed by atoms with Gasteiger partial charge in [0.2, 0.25) is 5.91 Å². The van der Waals surface area contributed by atoms with Gasteiger partial charge in [0.25, 0.3) is 0 Å². The monoisotopic (exact) mass is 278 g/mol. The van der Waals surface area contributed by atoms with Crippen LogP contribution in [-0.4, -0.2) is 19.6 Å². The number of anilines is 1. The molecule has 17 heavy (non-hydrogen) atoms. The number of hydrogen-bond acceptors (Lipinski definition) is 3. The first kappa shape index (κ1) is 16.0. The van der Waals surface area contributed by atoms with Crippen LogP contribution in [0, 0.1) is 6.92 Å². The van der Waals surface area contributed by atoms with Gasteiger partial charge in [-0.05, 0) is 18.6 Å². The lowest BCUT2D eigenvalue weighted by Crippen LogP contribution is -2.16. The molecule has 0 unspecified atom stereocenters. The Morgan fingerprint density at radius 2 is 2.18 bits per heavy atom. The second kappa shape index (κ2) is 7.37. The predicted octanol–water partition coefficient (Wildman–Crippen LogP) is 2.37. The third kappa shape index (κ3) is 4.42. The van der Waals surface area contributed by atoms with E-state index in [0.717, 1.165) is 5.56 Å². The van der Waals surface area contributed by atoms with Crippen molar-refractivity contribution in [2.45, 2.75) is 13.3 Å². The summed E-state index contributed by atoms with van der Waals surface area (Å²) in [7, 11) is 1.53. The van der Waals surface area contributed by atoms with Crippen LogP contribution in [0.3, 0.4) is 0 Å². The number of hydrogen-bond donors (Lipinski definition) is 2. The van der Waals surface area contributed by atoms with Crippen molar-refractivity contribution in [2.24, 2.45) is 5.73 Å². The van der Waals surface area contributed by atoms with Crippen LogP contribution in [0.2, 0.25) is 5.02 Å². The lowest BCUT2D eigenvalue weighted by Gasteiger charge is -2.11. The number of methoxy groups -OCH3 is 1. The van der Waals surface area contributed by atoms with Gasteiger partial charge in [-0.3, -0.25) is 4.79 Å². The van der Waals surface area contributed by atoms with E-state index in [0.29, 0.717) is 23.0 Å². The summed E-state index contributed by atoms with van der Waals surface area (Å²) in [6.07, 6.45) is 0.283. The fraction of sp³-hybridized carbons (Fsp3) is 0.364. The lowest BCUT2D eigenvalue weighted by molar-refractivity contribution is -0.116. The van der Waals surface area contributed by atoms with E-state index in [1.54, 1.807) is 12.1 Å². The number of aryl methyl sites for hydroxylation is 1. The summed E-state index contributed by atoms with van der Waals surface area (Å²) in [4.78, 5) is 11.4. The van der Waals surface area contributed by atoms with Gasteiger partial charge in [-0.25, -0.2) is 0 Å². The molecule has 0 aromatic heterocycles. The molecule has 3 N–H and O–H groups in total. The Balaban J connectivity index is 0.00000256. The molecule has 0 saturated heterocycles. The summed E-state index contributed by atoms with van der Waals surface area (Å²) in [5.74, 6) is 0.406. The van der Waals surface area contributed by atoms with Crippen LogP contribution in [0.25, 0.3) is 0 Å². The number of rotatable bonds is 4. The molecular weight excluding hydrogens is 263 g/mol. The minimum atomic E-state index is -0.137. The second-order valence-corrected chi connectivity index (χ2v) is 3.80. The molecule has 0 bridgehead atoms. The van der Waals surface area contributed by atoms with Crippen LogP contribution >= 0.6 is 24.0 Å². The zero-order valence-electron chi connectivity index (χ0n) is 9.75. The Kier molecular flexibility index (Phi) is 6.95. The average Bonchev–Trinajstić information content (AvgIpc) is 2.23. The average molecular weight is 279 g/mol. The molecule has 1 aromatic rings. The Morgan fingerprint density at radius 1 is 1.53 bits per heavy atom. The van der Waals surface area contributed by atoms with Crippen LogP contribution in [0.15, 0.2) is 12.1 Å². The molecule has 0 radical (unpaired) electrons. The van der Waals surface area contributed by atoms with Crippen LogP contribution in [-0.2, 0) is 4.79 Å². The summed E-state index contributed by atoms with van der Waals surface area (Å²) in [5.41, 5.74) is 6.79. The highest BCUT2D eigenvalue weighted by molar-refractivity contribution is 6.31. The largest absolute Gasteiger partial charge is 0.495 e. The van der Waals surface area contributed by atoms with Gasteiger partial charge in [0.1, 0.15) is 5.75 Å². The first-order chi connectivity index (χ1) is 7.58. The molecule has 4 nitrogen and oxygen atoms in total. The number of halogens is 2. The Bertz CT molecular complexity index is 397. The number of carbonyl (C=O) groups is 1. The smallest absolute Gasteiger partial charge is 0.225 e. The fourth-order valence-corrected chi connectivity index (χ4v) is 1.43. The van der Waals surface area contributed by atoms with Gasteiger partial charge in [0, 0.05) is 24.1 Å². The van der Waals surface area contributed by atoms with E-state index >= 15 is 0 Å². The molecule has 0 aliphatic heterocycles.